The number of hydrogen-bond acceptors (Lipinski definition) is 3. The summed E-state index contributed by atoms with van der Waals surface area (Å²) in [5, 5.41) is 2.85. The maximum Gasteiger partial charge on any atom is 0.275 e. The molecule has 0 fully saturated rings. The van der Waals surface area contributed by atoms with Crippen molar-refractivity contribution in [3.05, 3.63) is 57.2 Å². The predicted octanol–water partition coefficient (Wildman–Crippen LogP) is 1.73. The lowest BCUT2D eigenvalue weighted by Gasteiger charge is -2.18. The van der Waals surface area contributed by atoms with Crippen molar-refractivity contribution in [2.45, 2.75) is 25.9 Å². The Kier molecular flexibility index (Phi) is 6.97. The molecule has 1 unspecified atom stereocenters. The number of carbonyl (C=O) groups excluding carboxylic acids is 2. The van der Waals surface area contributed by atoms with Crippen LogP contribution in [0.2, 0.25) is 4.34 Å². The Balaban J connectivity index is 1.87. The number of nitrogens with one attached hydrogen (secondary N) is 2. The molecule has 1 aromatic carbocycles. The molecule has 0 aliphatic carbocycles. The number of quaternary nitrogens is 1. The van der Waals surface area contributed by atoms with Gasteiger partial charge in [-0.2, -0.15) is 0 Å². The van der Waals surface area contributed by atoms with Crippen molar-refractivity contribution in [2.75, 3.05) is 13.6 Å². The molecule has 0 spiro atoms. The van der Waals surface area contributed by atoms with Crippen LogP contribution in [0, 0.1) is 0 Å². The maximum atomic E-state index is 12.2. The van der Waals surface area contributed by atoms with Gasteiger partial charge >= 0.3 is 0 Å². The van der Waals surface area contributed by atoms with E-state index in [9.17, 15) is 9.59 Å². The molecule has 128 valence electrons. The minimum atomic E-state index is -0.483. The van der Waals surface area contributed by atoms with Crippen LogP contribution in [0.25, 0.3) is 0 Å². The molecule has 1 aromatic heterocycles. The summed E-state index contributed by atoms with van der Waals surface area (Å²) in [5.41, 5.74) is 1.03. The smallest absolute Gasteiger partial charge is 0.275 e. The second kappa shape index (κ2) is 8.97. The van der Waals surface area contributed by atoms with Crippen LogP contribution < -0.4 is 10.2 Å². The molecule has 0 aliphatic rings. The molecule has 2 aromatic rings. The van der Waals surface area contributed by atoms with Crippen LogP contribution in [0.3, 0.4) is 0 Å². The SMILES string of the molecule is CC(=O)[C@H](Cc1ccccc1)NC(=O)C[NH+](C)Cc1ccc(Cl)s1. The van der Waals surface area contributed by atoms with Crippen LogP contribution in [0.4, 0.5) is 0 Å². The van der Waals surface area contributed by atoms with Gasteiger partial charge in [0, 0.05) is 0 Å². The third-order valence-electron chi connectivity index (χ3n) is 3.68. The van der Waals surface area contributed by atoms with E-state index < -0.39 is 6.04 Å². The molecular weight excluding hydrogens is 344 g/mol. The second-order valence-electron chi connectivity index (χ2n) is 5.94. The summed E-state index contributed by atoms with van der Waals surface area (Å²) in [6.45, 7) is 2.56. The Hall–Kier alpha value is -1.69. The third kappa shape index (κ3) is 6.07. The molecule has 0 radical (unpaired) electrons. The Labute approximate surface area is 151 Å². The first-order valence-corrected chi connectivity index (χ1v) is 9.02. The van der Waals surface area contributed by atoms with Gasteiger partial charge in [0.2, 0.25) is 0 Å². The fraction of sp³-hybridized carbons (Fsp3) is 0.333. The van der Waals surface area contributed by atoms with Crippen molar-refractivity contribution in [2.24, 2.45) is 0 Å². The van der Waals surface area contributed by atoms with E-state index in [-0.39, 0.29) is 11.7 Å². The van der Waals surface area contributed by atoms with Gasteiger partial charge in [-0.1, -0.05) is 41.9 Å². The second-order valence-corrected chi connectivity index (χ2v) is 7.74. The van der Waals surface area contributed by atoms with E-state index in [1.807, 2.05) is 49.5 Å². The minimum Gasteiger partial charge on any atom is -0.341 e. The number of rotatable bonds is 8. The molecule has 6 heteroatoms. The lowest BCUT2D eigenvalue weighted by atomic mass is 10.0. The van der Waals surface area contributed by atoms with E-state index in [4.69, 9.17) is 11.6 Å². The number of halogens is 1. The summed E-state index contributed by atoms with van der Waals surface area (Å²) in [5.74, 6) is -0.152. The largest absolute Gasteiger partial charge is 0.341 e. The number of likely N-dealkylation sites (N-methyl/N-ethyl adjacent to an activating group) is 1. The topological polar surface area (TPSA) is 50.6 Å². The lowest BCUT2D eigenvalue weighted by Crippen LogP contribution is -3.08. The van der Waals surface area contributed by atoms with Gasteiger partial charge in [0.1, 0.15) is 6.54 Å². The first-order chi connectivity index (χ1) is 11.4. The molecule has 2 rings (SSSR count). The quantitative estimate of drug-likeness (QED) is 0.748. The predicted molar refractivity (Wildman–Crippen MR) is 97.5 cm³/mol. The van der Waals surface area contributed by atoms with Crippen LogP contribution in [-0.4, -0.2) is 31.3 Å². The lowest BCUT2D eigenvalue weighted by molar-refractivity contribution is -0.885. The number of ketones is 1. The van der Waals surface area contributed by atoms with Crippen LogP contribution in [0.5, 0.6) is 0 Å². The standard InChI is InChI=1S/C18H21ClN2O2S/c1-13(22)16(10-14-6-4-3-5-7-14)20-18(23)12-21(2)11-15-8-9-17(19)24-15/h3-9,16H,10-12H2,1-2H3,(H,20,23)/p+1/t16-/m0/s1. The van der Waals surface area contributed by atoms with Gasteiger partial charge in [-0.25, -0.2) is 0 Å². The van der Waals surface area contributed by atoms with E-state index in [0.717, 1.165) is 26.2 Å². The molecule has 0 aliphatic heterocycles. The van der Waals surface area contributed by atoms with Crippen molar-refractivity contribution in [1.29, 1.82) is 0 Å². The molecule has 0 bridgehead atoms. The number of Topliss-reactive ketones (excluding diaryl/α,β-unsaturated/α-hetero) is 1. The highest BCUT2D eigenvalue weighted by Crippen LogP contribution is 2.20. The molecule has 2 atom stereocenters. The number of benzene rings is 1. The number of hydrogen-bond donors (Lipinski definition) is 2. The molecule has 24 heavy (non-hydrogen) atoms. The fourth-order valence-corrected chi connectivity index (χ4v) is 3.67. The fourth-order valence-electron chi connectivity index (χ4n) is 2.47. The maximum absolute atomic E-state index is 12.2. The average molecular weight is 366 g/mol. The Morgan fingerprint density at radius 1 is 1.21 bits per heavy atom. The minimum absolute atomic E-state index is 0.0325. The van der Waals surface area contributed by atoms with Crippen molar-refractivity contribution in [1.82, 2.24) is 5.32 Å². The normalized spacial score (nSPS) is 13.3. The van der Waals surface area contributed by atoms with Crippen molar-refractivity contribution >= 4 is 34.6 Å². The number of carbonyl (C=O) groups is 2. The monoisotopic (exact) mass is 365 g/mol. The highest BCUT2D eigenvalue weighted by molar-refractivity contribution is 7.16. The van der Waals surface area contributed by atoms with Gasteiger partial charge in [0.25, 0.3) is 5.91 Å². The van der Waals surface area contributed by atoms with Crippen LogP contribution >= 0.6 is 22.9 Å². The Morgan fingerprint density at radius 3 is 2.50 bits per heavy atom. The summed E-state index contributed by atoms with van der Waals surface area (Å²) in [6.07, 6.45) is 0.515. The molecule has 0 saturated carbocycles. The van der Waals surface area contributed by atoms with Gasteiger partial charge in [-0.05, 0) is 31.0 Å². The average Bonchev–Trinajstić information content (AvgIpc) is 2.92. The van der Waals surface area contributed by atoms with E-state index in [2.05, 4.69) is 5.32 Å². The zero-order valence-corrected chi connectivity index (χ0v) is 15.4. The van der Waals surface area contributed by atoms with Gasteiger partial charge in [0.05, 0.1) is 22.3 Å². The van der Waals surface area contributed by atoms with Crippen molar-refractivity contribution in [3.63, 3.8) is 0 Å². The number of amides is 1. The van der Waals surface area contributed by atoms with Gasteiger partial charge in [-0.15, -0.1) is 11.3 Å². The van der Waals surface area contributed by atoms with Gasteiger partial charge in [-0.3, -0.25) is 9.59 Å². The summed E-state index contributed by atoms with van der Waals surface area (Å²) in [4.78, 5) is 26.3. The summed E-state index contributed by atoms with van der Waals surface area (Å²) in [7, 11) is 1.95. The molecule has 4 nitrogen and oxygen atoms in total. The Bertz CT molecular complexity index is 687. The first kappa shape index (κ1) is 18.6. The van der Waals surface area contributed by atoms with Crippen LogP contribution in [0.1, 0.15) is 17.4 Å². The highest BCUT2D eigenvalue weighted by atomic mass is 35.5. The summed E-state index contributed by atoms with van der Waals surface area (Å²) < 4.78 is 0.752. The van der Waals surface area contributed by atoms with E-state index in [0.29, 0.717) is 13.0 Å². The Morgan fingerprint density at radius 2 is 1.92 bits per heavy atom. The van der Waals surface area contributed by atoms with E-state index >= 15 is 0 Å². The molecule has 2 N–H and O–H groups in total. The van der Waals surface area contributed by atoms with Crippen molar-refractivity contribution < 1.29 is 14.5 Å². The summed E-state index contributed by atoms with van der Waals surface area (Å²) >= 11 is 7.45. The van der Waals surface area contributed by atoms with E-state index in [1.165, 1.54) is 18.3 Å². The highest BCUT2D eigenvalue weighted by Gasteiger charge is 2.20. The van der Waals surface area contributed by atoms with Gasteiger partial charge in [0.15, 0.2) is 12.3 Å². The first-order valence-electron chi connectivity index (χ1n) is 7.83. The molecule has 0 saturated heterocycles. The third-order valence-corrected chi connectivity index (χ3v) is 4.91. The van der Waals surface area contributed by atoms with Gasteiger partial charge < -0.3 is 10.2 Å². The van der Waals surface area contributed by atoms with Crippen molar-refractivity contribution in [3.8, 4) is 0 Å². The molecule has 1 heterocycles. The number of thiophene rings is 1. The van der Waals surface area contributed by atoms with Crippen LogP contribution in [0.15, 0.2) is 42.5 Å². The molecule has 1 amide bonds. The van der Waals surface area contributed by atoms with Crippen LogP contribution in [-0.2, 0) is 22.6 Å². The van der Waals surface area contributed by atoms with E-state index in [1.54, 1.807) is 0 Å². The molecular formula is C18H22ClN2O2S+. The zero-order chi connectivity index (χ0) is 17.5. The zero-order valence-electron chi connectivity index (χ0n) is 13.8. The summed E-state index contributed by atoms with van der Waals surface area (Å²) in [6, 6.07) is 13.1.